The molecule has 0 heterocycles. The van der Waals surface area contributed by atoms with Crippen LogP contribution < -0.4 is 11.5 Å². The fourth-order valence-corrected chi connectivity index (χ4v) is 4.86. The third-order valence-corrected chi connectivity index (χ3v) is 6.16. The van der Waals surface area contributed by atoms with Crippen LogP contribution in [-0.4, -0.2) is 13.1 Å². The van der Waals surface area contributed by atoms with Crippen molar-refractivity contribution in [2.45, 2.75) is 5.41 Å². The number of carbonyl (C=O) groups is 1. The fraction of sp³-hybridized carbons (Fsp3) is 0.0741. The zero-order valence-corrected chi connectivity index (χ0v) is 17.1. The van der Waals surface area contributed by atoms with Crippen LogP contribution in [-0.2, 0) is 10.2 Å². The first-order valence-electron chi connectivity index (χ1n) is 10.1. The summed E-state index contributed by atoms with van der Waals surface area (Å²) in [7, 11) is 1.41. The van der Waals surface area contributed by atoms with E-state index in [4.69, 9.17) is 16.2 Å². The molecule has 0 amide bonds. The van der Waals surface area contributed by atoms with E-state index in [1.807, 2.05) is 48.5 Å². The van der Waals surface area contributed by atoms with Gasteiger partial charge in [-0.05, 0) is 58.1 Å². The van der Waals surface area contributed by atoms with Gasteiger partial charge in [0.2, 0.25) is 0 Å². The van der Waals surface area contributed by atoms with Crippen molar-refractivity contribution < 1.29 is 9.53 Å². The zero-order chi connectivity index (χ0) is 21.6. The minimum atomic E-state index is -0.614. The summed E-state index contributed by atoms with van der Waals surface area (Å²) < 4.78 is 5.12. The Labute approximate surface area is 181 Å². The molecule has 0 aliphatic heterocycles. The normalized spacial score (nSPS) is 13.3. The number of fused-ring (bicyclic) bond motifs is 3. The van der Waals surface area contributed by atoms with Gasteiger partial charge in [-0.25, -0.2) is 4.79 Å². The predicted octanol–water partition coefficient (Wildman–Crippen LogP) is 5.00. The molecule has 0 saturated heterocycles. The quantitative estimate of drug-likeness (QED) is 0.326. The minimum absolute atomic E-state index is 0.350. The third-order valence-electron chi connectivity index (χ3n) is 6.16. The number of anilines is 2. The molecule has 0 bridgehead atoms. The van der Waals surface area contributed by atoms with Crippen LogP contribution in [0.25, 0.3) is 11.1 Å². The molecule has 0 aromatic heterocycles. The maximum absolute atomic E-state index is 12.7. The van der Waals surface area contributed by atoms with E-state index >= 15 is 0 Å². The molecule has 0 saturated carbocycles. The average Bonchev–Trinajstić information content (AvgIpc) is 3.11. The average molecular weight is 406 g/mol. The second-order valence-electron chi connectivity index (χ2n) is 7.76. The van der Waals surface area contributed by atoms with E-state index in [1.54, 1.807) is 0 Å². The molecule has 0 fully saturated rings. The summed E-state index contributed by atoms with van der Waals surface area (Å²) in [4.78, 5) is 12.7. The molecule has 4 N–H and O–H groups in total. The summed E-state index contributed by atoms with van der Waals surface area (Å²) in [6.07, 6.45) is 0. The number of carbonyl (C=O) groups excluding carboxylic acids is 1. The molecule has 4 aromatic carbocycles. The number of methoxy groups -OCH3 is 1. The molecule has 0 radical (unpaired) electrons. The topological polar surface area (TPSA) is 78.3 Å². The van der Waals surface area contributed by atoms with Crippen LogP contribution in [0.1, 0.15) is 32.6 Å². The van der Waals surface area contributed by atoms with Crippen molar-refractivity contribution in [2.75, 3.05) is 18.6 Å². The molecule has 0 atom stereocenters. The Hall–Kier alpha value is -4.05. The van der Waals surface area contributed by atoms with Gasteiger partial charge in [0, 0.05) is 16.9 Å². The molecular formula is C27H22N2O2. The minimum Gasteiger partial charge on any atom is -0.465 e. The van der Waals surface area contributed by atoms with Crippen molar-refractivity contribution in [3.63, 3.8) is 0 Å². The molecule has 31 heavy (non-hydrogen) atoms. The Morgan fingerprint density at radius 3 is 1.84 bits per heavy atom. The summed E-state index contributed by atoms with van der Waals surface area (Å²) in [6, 6.07) is 30.0. The summed E-state index contributed by atoms with van der Waals surface area (Å²) in [6.45, 7) is 0. The van der Waals surface area contributed by atoms with Crippen LogP contribution in [0.4, 0.5) is 11.4 Å². The van der Waals surface area contributed by atoms with Gasteiger partial charge in [-0.3, -0.25) is 0 Å². The van der Waals surface area contributed by atoms with Crippen LogP contribution >= 0.6 is 0 Å². The van der Waals surface area contributed by atoms with Crippen molar-refractivity contribution >= 4 is 17.3 Å². The standard InChI is InChI=1S/C27H22N2O2/c1-31-26(30)22-6-4-8-24-25(22)21-5-2-3-7-23(21)27(24,17-9-13-19(28)14-10-17)18-11-15-20(29)16-12-18/h2-16H,28-29H2,1H3. The number of hydrogen-bond acceptors (Lipinski definition) is 4. The van der Waals surface area contributed by atoms with Crippen molar-refractivity contribution in [1.29, 1.82) is 0 Å². The Balaban J connectivity index is 1.96. The van der Waals surface area contributed by atoms with Crippen molar-refractivity contribution in [2.24, 2.45) is 0 Å². The number of nitrogen functional groups attached to an aromatic ring is 2. The van der Waals surface area contributed by atoms with E-state index in [9.17, 15) is 4.79 Å². The molecule has 0 unspecified atom stereocenters. The van der Waals surface area contributed by atoms with E-state index in [2.05, 4.69) is 42.5 Å². The lowest BCUT2D eigenvalue weighted by molar-refractivity contribution is 0.0601. The van der Waals surface area contributed by atoms with E-state index in [-0.39, 0.29) is 5.97 Å². The second kappa shape index (κ2) is 7.03. The molecule has 5 rings (SSSR count). The van der Waals surface area contributed by atoms with Gasteiger partial charge in [-0.1, -0.05) is 60.7 Å². The van der Waals surface area contributed by atoms with Gasteiger partial charge in [0.1, 0.15) is 0 Å². The highest BCUT2D eigenvalue weighted by Crippen LogP contribution is 2.57. The first kappa shape index (κ1) is 18.9. The Morgan fingerprint density at radius 1 is 0.710 bits per heavy atom. The Bertz CT molecular complexity index is 1250. The first-order valence-corrected chi connectivity index (χ1v) is 10.1. The van der Waals surface area contributed by atoms with Crippen molar-refractivity contribution in [3.8, 4) is 11.1 Å². The van der Waals surface area contributed by atoms with Gasteiger partial charge in [0.05, 0.1) is 18.1 Å². The molecular weight excluding hydrogens is 384 g/mol. The predicted molar refractivity (Wildman–Crippen MR) is 124 cm³/mol. The van der Waals surface area contributed by atoms with E-state index in [0.29, 0.717) is 16.9 Å². The van der Waals surface area contributed by atoms with E-state index < -0.39 is 5.41 Å². The molecule has 152 valence electrons. The van der Waals surface area contributed by atoms with Gasteiger partial charge < -0.3 is 16.2 Å². The van der Waals surface area contributed by atoms with Crippen molar-refractivity contribution in [3.05, 3.63) is 119 Å². The number of ether oxygens (including phenoxy) is 1. The van der Waals surface area contributed by atoms with Crippen LogP contribution in [0.15, 0.2) is 91.0 Å². The molecule has 4 aromatic rings. The highest BCUT2D eigenvalue weighted by atomic mass is 16.5. The van der Waals surface area contributed by atoms with Gasteiger partial charge in [0.25, 0.3) is 0 Å². The molecule has 4 nitrogen and oxygen atoms in total. The number of hydrogen-bond donors (Lipinski definition) is 2. The van der Waals surface area contributed by atoms with E-state index in [1.165, 1.54) is 7.11 Å². The summed E-state index contributed by atoms with van der Waals surface area (Å²) >= 11 is 0. The largest absolute Gasteiger partial charge is 0.465 e. The second-order valence-corrected chi connectivity index (χ2v) is 7.76. The van der Waals surface area contributed by atoms with Gasteiger partial charge in [-0.2, -0.15) is 0 Å². The van der Waals surface area contributed by atoms with Crippen LogP contribution in [0.3, 0.4) is 0 Å². The molecule has 1 aliphatic rings. The van der Waals surface area contributed by atoms with Gasteiger partial charge in [0.15, 0.2) is 0 Å². The Kier molecular flexibility index (Phi) is 4.29. The Morgan fingerprint density at radius 2 is 1.26 bits per heavy atom. The molecule has 4 heteroatoms. The summed E-state index contributed by atoms with van der Waals surface area (Å²) in [5, 5.41) is 0. The first-order chi connectivity index (χ1) is 15.1. The maximum Gasteiger partial charge on any atom is 0.338 e. The summed E-state index contributed by atoms with van der Waals surface area (Å²) in [5.41, 5.74) is 19.6. The molecule has 0 spiro atoms. The highest BCUT2D eigenvalue weighted by Gasteiger charge is 2.47. The highest BCUT2D eigenvalue weighted by molar-refractivity contribution is 6.02. The van der Waals surface area contributed by atoms with Crippen LogP contribution in [0, 0.1) is 0 Å². The smallest absolute Gasteiger partial charge is 0.338 e. The zero-order valence-electron chi connectivity index (χ0n) is 17.1. The SMILES string of the molecule is COC(=O)c1cccc2c1-c1ccccc1C2(c1ccc(N)cc1)c1ccc(N)cc1. The number of nitrogens with two attached hydrogens (primary N) is 2. The summed E-state index contributed by atoms with van der Waals surface area (Å²) in [5.74, 6) is -0.350. The third kappa shape index (κ3) is 2.65. The van der Waals surface area contributed by atoms with Gasteiger partial charge in [-0.15, -0.1) is 0 Å². The van der Waals surface area contributed by atoms with Crippen molar-refractivity contribution in [1.82, 2.24) is 0 Å². The number of benzene rings is 4. The fourth-order valence-electron chi connectivity index (χ4n) is 4.86. The lowest BCUT2D eigenvalue weighted by atomic mass is 9.67. The monoisotopic (exact) mass is 406 g/mol. The lowest BCUT2D eigenvalue weighted by Crippen LogP contribution is -2.28. The van der Waals surface area contributed by atoms with Crippen LogP contribution in [0.2, 0.25) is 0 Å². The van der Waals surface area contributed by atoms with Gasteiger partial charge >= 0.3 is 5.97 Å². The molecule has 1 aliphatic carbocycles. The maximum atomic E-state index is 12.7. The van der Waals surface area contributed by atoms with E-state index in [0.717, 1.165) is 33.4 Å². The number of rotatable bonds is 3. The number of esters is 1. The van der Waals surface area contributed by atoms with Crippen LogP contribution in [0.5, 0.6) is 0 Å². The lowest BCUT2D eigenvalue weighted by Gasteiger charge is -2.34.